The van der Waals surface area contributed by atoms with Gasteiger partial charge in [-0.3, -0.25) is 4.68 Å². The zero-order valence-corrected chi connectivity index (χ0v) is 9.80. The number of aryl methyl sites for hydroxylation is 2. The Labute approximate surface area is 91.9 Å². The highest BCUT2D eigenvalue weighted by Gasteiger charge is 2.03. The molecule has 82 valence electrons. The fourth-order valence-electron chi connectivity index (χ4n) is 1.39. The third-order valence-corrected chi connectivity index (χ3v) is 2.08. The van der Waals surface area contributed by atoms with Gasteiger partial charge in [-0.2, -0.15) is 5.10 Å². The predicted octanol–water partition coefficient (Wildman–Crippen LogP) is 1.33. The van der Waals surface area contributed by atoms with Gasteiger partial charge in [0.2, 0.25) is 0 Å². The van der Waals surface area contributed by atoms with E-state index in [0.29, 0.717) is 0 Å². The van der Waals surface area contributed by atoms with Gasteiger partial charge in [0, 0.05) is 13.2 Å². The van der Waals surface area contributed by atoms with Gasteiger partial charge in [0.15, 0.2) is 0 Å². The molecular formula is C12H19N3. The third-order valence-electron chi connectivity index (χ3n) is 2.08. The van der Waals surface area contributed by atoms with Gasteiger partial charge < -0.3 is 5.32 Å². The first-order valence-electron chi connectivity index (χ1n) is 5.50. The highest BCUT2D eigenvalue weighted by atomic mass is 15.2. The molecule has 0 aliphatic heterocycles. The van der Waals surface area contributed by atoms with E-state index in [2.05, 4.69) is 36.1 Å². The van der Waals surface area contributed by atoms with Crippen LogP contribution < -0.4 is 5.32 Å². The van der Waals surface area contributed by atoms with Gasteiger partial charge in [0.25, 0.3) is 0 Å². The second-order valence-electron chi connectivity index (χ2n) is 3.50. The van der Waals surface area contributed by atoms with Crippen molar-refractivity contribution in [2.45, 2.75) is 26.7 Å². The minimum Gasteiger partial charge on any atom is -0.306 e. The van der Waals surface area contributed by atoms with E-state index in [4.69, 9.17) is 0 Å². The number of rotatable bonds is 4. The van der Waals surface area contributed by atoms with E-state index in [1.807, 2.05) is 17.9 Å². The van der Waals surface area contributed by atoms with E-state index in [9.17, 15) is 0 Å². The standard InChI is InChI=1S/C12H19N3/c1-4-7-12-11(10-15(3)14-12)8-6-9-13-5-2/h10,13H,4-5,7,9H2,1-3H3. The molecule has 0 bridgehead atoms. The molecule has 3 nitrogen and oxygen atoms in total. The van der Waals surface area contributed by atoms with Gasteiger partial charge in [-0.1, -0.05) is 32.1 Å². The quantitative estimate of drug-likeness (QED) is 0.593. The van der Waals surface area contributed by atoms with Gasteiger partial charge in [-0.15, -0.1) is 0 Å². The Bertz CT molecular complexity index is 355. The summed E-state index contributed by atoms with van der Waals surface area (Å²) in [7, 11) is 1.94. The predicted molar refractivity (Wildman–Crippen MR) is 62.6 cm³/mol. The summed E-state index contributed by atoms with van der Waals surface area (Å²) < 4.78 is 1.84. The summed E-state index contributed by atoms with van der Waals surface area (Å²) in [5, 5.41) is 7.57. The van der Waals surface area contributed by atoms with Gasteiger partial charge in [-0.25, -0.2) is 0 Å². The van der Waals surface area contributed by atoms with Gasteiger partial charge >= 0.3 is 0 Å². The van der Waals surface area contributed by atoms with Gasteiger partial charge in [-0.05, 0) is 13.0 Å². The minimum absolute atomic E-state index is 0.747. The van der Waals surface area contributed by atoms with Crippen molar-refractivity contribution in [3.63, 3.8) is 0 Å². The smallest absolute Gasteiger partial charge is 0.0780 e. The van der Waals surface area contributed by atoms with Crippen LogP contribution in [-0.2, 0) is 13.5 Å². The summed E-state index contributed by atoms with van der Waals surface area (Å²) in [6.45, 7) is 5.94. The molecule has 0 spiro atoms. The summed E-state index contributed by atoms with van der Waals surface area (Å²) in [5.74, 6) is 6.26. The Kier molecular flexibility index (Phi) is 4.92. The average molecular weight is 205 g/mol. The molecule has 3 heteroatoms. The normalized spacial score (nSPS) is 9.80. The maximum atomic E-state index is 4.39. The molecule has 0 atom stereocenters. The molecule has 1 rings (SSSR count). The monoisotopic (exact) mass is 205 g/mol. The number of aromatic nitrogens is 2. The highest BCUT2D eigenvalue weighted by molar-refractivity contribution is 5.36. The second-order valence-corrected chi connectivity index (χ2v) is 3.50. The summed E-state index contributed by atoms with van der Waals surface area (Å²) >= 11 is 0. The van der Waals surface area contributed by atoms with E-state index in [-0.39, 0.29) is 0 Å². The summed E-state index contributed by atoms with van der Waals surface area (Å²) in [5.41, 5.74) is 2.18. The first-order chi connectivity index (χ1) is 7.27. The van der Waals surface area contributed by atoms with Crippen LogP contribution in [0.4, 0.5) is 0 Å². The molecule has 1 N–H and O–H groups in total. The maximum absolute atomic E-state index is 4.39. The Morgan fingerprint density at radius 3 is 2.93 bits per heavy atom. The zero-order chi connectivity index (χ0) is 11.1. The molecule has 0 aliphatic carbocycles. The van der Waals surface area contributed by atoms with E-state index in [1.54, 1.807) is 0 Å². The molecule has 15 heavy (non-hydrogen) atoms. The molecule has 1 heterocycles. The van der Waals surface area contributed by atoms with Crippen molar-refractivity contribution < 1.29 is 0 Å². The van der Waals surface area contributed by atoms with Crippen molar-refractivity contribution in [2.24, 2.45) is 7.05 Å². The van der Waals surface area contributed by atoms with E-state index < -0.39 is 0 Å². The molecule has 0 saturated heterocycles. The molecular weight excluding hydrogens is 186 g/mol. The van der Waals surface area contributed by atoms with Crippen LogP contribution in [0.3, 0.4) is 0 Å². The Balaban J connectivity index is 2.68. The number of nitrogens with one attached hydrogen (secondary N) is 1. The molecule has 0 unspecified atom stereocenters. The first-order valence-corrected chi connectivity index (χ1v) is 5.50. The fourth-order valence-corrected chi connectivity index (χ4v) is 1.39. The lowest BCUT2D eigenvalue weighted by Gasteiger charge is -1.92. The molecule has 1 aromatic rings. The molecule has 0 saturated carbocycles. The molecule has 0 aromatic carbocycles. The van der Waals surface area contributed by atoms with Crippen LogP contribution in [0.25, 0.3) is 0 Å². The SMILES string of the molecule is CCCc1nn(C)cc1C#CCNCC. The zero-order valence-electron chi connectivity index (χ0n) is 9.80. The van der Waals surface area contributed by atoms with Crippen LogP contribution in [0.15, 0.2) is 6.20 Å². The number of nitrogens with zero attached hydrogens (tertiary/aromatic N) is 2. The van der Waals surface area contributed by atoms with E-state index in [0.717, 1.165) is 37.2 Å². The Hall–Kier alpha value is -1.27. The lowest BCUT2D eigenvalue weighted by molar-refractivity contribution is 0.733. The van der Waals surface area contributed by atoms with Gasteiger partial charge in [0.1, 0.15) is 0 Å². The summed E-state index contributed by atoms with van der Waals surface area (Å²) in [6.07, 6.45) is 4.11. The summed E-state index contributed by atoms with van der Waals surface area (Å²) in [6, 6.07) is 0. The van der Waals surface area contributed by atoms with Crippen molar-refractivity contribution in [1.82, 2.24) is 15.1 Å². The van der Waals surface area contributed by atoms with Crippen molar-refractivity contribution in [3.05, 3.63) is 17.5 Å². The van der Waals surface area contributed by atoms with E-state index >= 15 is 0 Å². The topological polar surface area (TPSA) is 29.9 Å². The van der Waals surface area contributed by atoms with Gasteiger partial charge in [0.05, 0.1) is 17.8 Å². The van der Waals surface area contributed by atoms with Crippen LogP contribution in [0.2, 0.25) is 0 Å². The molecule has 0 radical (unpaired) electrons. The fraction of sp³-hybridized carbons (Fsp3) is 0.583. The Morgan fingerprint density at radius 1 is 1.47 bits per heavy atom. The average Bonchev–Trinajstić information content (AvgIpc) is 2.55. The van der Waals surface area contributed by atoms with Crippen LogP contribution in [0.1, 0.15) is 31.5 Å². The molecule has 0 aliphatic rings. The lowest BCUT2D eigenvalue weighted by Crippen LogP contribution is -2.11. The Morgan fingerprint density at radius 2 is 2.27 bits per heavy atom. The van der Waals surface area contributed by atoms with Crippen LogP contribution in [-0.4, -0.2) is 22.9 Å². The largest absolute Gasteiger partial charge is 0.306 e. The first kappa shape index (κ1) is 11.8. The molecule has 1 aromatic heterocycles. The van der Waals surface area contributed by atoms with E-state index in [1.165, 1.54) is 0 Å². The van der Waals surface area contributed by atoms with Crippen LogP contribution in [0.5, 0.6) is 0 Å². The molecule has 0 amide bonds. The van der Waals surface area contributed by atoms with Crippen molar-refractivity contribution in [3.8, 4) is 11.8 Å². The number of hydrogen-bond donors (Lipinski definition) is 1. The third kappa shape index (κ3) is 3.77. The lowest BCUT2D eigenvalue weighted by atomic mass is 10.2. The number of hydrogen-bond acceptors (Lipinski definition) is 2. The maximum Gasteiger partial charge on any atom is 0.0780 e. The van der Waals surface area contributed by atoms with Crippen molar-refractivity contribution >= 4 is 0 Å². The minimum atomic E-state index is 0.747. The highest BCUT2D eigenvalue weighted by Crippen LogP contribution is 2.06. The summed E-state index contributed by atoms with van der Waals surface area (Å²) in [4.78, 5) is 0. The van der Waals surface area contributed by atoms with Crippen molar-refractivity contribution in [2.75, 3.05) is 13.1 Å². The molecule has 0 fully saturated rings. The van der Waals surface area contributed by atoms with Crippen molar-refractivity contribution in [1.29, 1.82) is 0 Å². The van der Waals surface area contributed by atoms with Crippen LogP contribution in [0, 0.1) is 11.8 Å². The second kappa shape index (κ2) is 6.26. The van der Waals surface area contributed by atoms with Crippen LogP contribution >= 0.6 is 0 Å².